The minimum Gasteiger partial charge on any atom is -0.497 e. The van der Waals surface area contributed by atoms with Crippen LogP contribution in [0.3, 0.4) is 0 Å². The van der Waals surface area contributed by atoms with Crippen LogP contribution in [0, 0.1) is 6.92 Å². The molecule has 2 aromatic carbocycles. The summed E-state index contributed by atoms with van der Waals surface area (Å²) in [6.07, 6.45) is 0. The van der Waals surface area contributed by atoms with Gasteiger partial charge in [0.25, 0.3) is 0 Å². The first-order chi connectivity index (χ1) is 11.2. The second-order valence-electron chi connectivity index (χ2n) is 5.39. The van der Waals surface area contributed by atoms with Gasteiger partial charge in [-0.15, -0.1) is 0 Å². The van der Waals surface area contributed by atoms with Gasteiger partial charge < -0.3 is 19.5 Å². The van der Waals surface area contributed by atoms with Gasteiger partial charge in [-0.05, 0) is 37.3 Å². The van der Waals surface area contributed by atoms with E-state index in [0.29, 0.717) is 0 Å². The van der Waals surface area contributed by atoms with E-state index in [0.717, 1.165) is 45.2 Å². The number of anilines is 2. The van der Waals surface area contributed by atoms with Gasteiger partial charge in [0.05, 0.1) is 12.6 Å². The van der Waals surface area contributed by atoms with E-state index < -0.39 is 0 Å². The summed E-state index contributed by atoms with van der Waals surface area (Å²) in [5.74, 6) is 2.33. The Morgan fingerprint density at radius 2 is 1.91 bits per heavy atom. The van der Waals surface area contributed by atoms with E-state index in [1.165, 1.54) is 0 Å². The fourth-order valence-electron chi connectivity index (χ4n) is 2.70. The maximum Gasteiger partial charge on any atom is 0.231 e. The Labute approximate surface area is 133 Å². The molecule has 0 bridgehead atoms. The van der Waals surface area contributed by atoms with Crippen LogP contribution in [0.2, 0.25) is 0 Å². The van der Waals surface area contributed by atoms with E-state index in [4.69, 9.17) is 14.2 Å². The molecule has 3 aromatic rings. The molecule has 0 fully saturated rings. The number of aryl methyl sites for hydroxylation is 1. The Morgan fingerprint density at radius 1 is 1.04 bits per heavy atom. The predicted octanol–water partition coefficient (Wildman–Crippen LogP) is 4.02. The molecule has 0 saturated heterocycles. The van der Waals surface area contributed by atoms with Crippen molar-refractivity contribution >= 4 is 22.3 Å². The normalized spacial score (nSPS) is 12.4. The van der Waals surface area contributed by atoms with E-state index >= 15 is 0 Å². The van der Waals surface area contributed by atoms with Crippen molar-refractivity contribution < 1.29 is 14.2 Å². The van der Waals surface area contributed by atoms with Gasteiger partial charge in [-0.25, -0.2) is 0 Å². The molecule has 1 aliphatic rings. The van der Waals surface area contributed by atoms with Gasteiger partial charge in [-0.1, -0.05) is 0 Å². The standard InChI is InChI=1S/C18H16N2O3/c1-11-7-15(14-5-4-13(21-2)9-16(14)19-11)20-12-3-6-17-18(8-12)23-10-22-17/h3-9H,10H2,1-2H3,(H,19,20). The summed E-state index contributed by atoms with van der Waals surface area (Å²) >= 11 is 0. The smallest absolute Gasteiger partial charge is 0.231 e. The summed E-state index contributed by atoms with van der Waals surface area (Å²) in [6, 6.07) is 13.7. The first kappa shape index (κ1) is 13.7. The molecule has 0 unspecified atom stereocenters. The number of hydrogen-bond acceptors (Lipinski definition) is 5. The minimum atomic E-state index is 0.274. The van der Waals surface area contributed by atoms with Crippen molar-refractivity contribution in [3.8, 4) is 17.2 Å². The molecular formula is C18H16N2O3. The number of ether oxygens (including phenoxy) is 3. The molecule has 0 aliphatic carbocycles. The lowest BCUT2D eigenvalue weighted by molar-refractivity contribution is 0.174. The molecule has 0 spiro atoms. The van der Waals surface area contributed by atoms with Crippen molar-refractivity contribution in [3.05, 3.63) is 48.2 Å². The van der Waals surface area contributed by atoms with Crippen LogP contribution in [0.15, 0.2) is 42.5 Å². The molecular weight excluding hydrogens is 292 g/mol. The van der Waals surface area contributed by atoms with Crippen LogP contribution in [0.25, 0.3) is 10.9 Å². The lowest BCUT2D eigenvalue weighted by Crippen LogP contribution is -1.95. The highest BCUT2D eigenvalue weighted by Gasteiger charge is 2.14. The zero-order valence-corrected chi connectivity index (χ0v) is 12.9. The van der Waals surface area contributed by atoms with E-state index in [1.807, 2.05) is 49.4 Å². The summed E-state index contributed by atoms with van der Waals surface area (Å²) in [4.78, 5) is 4.58. The number of nitrogens with one attached hydrogen (secondary N) is 1. The highest BCUT2D eigenvalue weighted by atomic mass is 16.7. The van der Waals surface area contributed by atoms with Crippen molar-refractivity contribution in [2.75, 3.05) is 19.2 Å². The number of pyridine rings is 1. The van der Waals surface area contributed by atoms with Gasteiger partial charge in [0.15, 0.2) is 11.5 Å². The third-order valence-electron chi connectivity index (χ3n) is 3.80. The van der Waals surface area contributed by atoms with Crippen LogP contribution < -0.4 is 19.5 Å². The SMILES string of the molecule is COc1ccc2c(Nc3ccc4c(c3)OCO4)cc(C)nc2c1. The average molecular weight is 308 g/mol. The molecule has 5 heteroatoms. The number of nitrogens with zero attached hydrogens (tertiary/aromatic N) is 1. The summed E-state index contributed by atoms with van der Waals surface area (Å²) in [5.41, 5.74) is 3.77. The zero-order chi connectivity index (χ0) is 15.8. The molecule has 1 N–H and O–H groups in total. The maximum absolute atomic E-state index is 5.43. The Balaban J connectivity index is 1.76. The molecule has 1 aromatic heterocycles. The second-order valence-corrected chi connectivity index (χ2v) is 5.39. The Hall–Kier alpha value is -2.95. The van der Waals surface area contributed by atoms with Crippen LogP contribution >= 0.6 is 0 Å². The van der Waals surface area contributed by atoms with Gasteiger partial charge in [0, 0.05) is 34.6 Å². The maximum atomic E-state index is 5.43. The van der Waals surface area contributed by atoms with Crippen molar-refractivity contribution in [1.29, 1.82) is 0 Å². The van der Waals surface area contributed by atoms with E-state index in [1.54, 1.807) is 7.11 Å². The van der Waals surface area contributed by atoms with E-state index in [9.17, 15) is 0 Å². The quantitative estimate of drug-likeness (QED) is 0.792. The second kappa shape index (κ2) is 5.35. The predicted molar refractivity (Wildman–Crippen MR) is 88.9 cm³/mol. The number of fused-ring (bicyclic) bond motifs is 2. The number of rotatable bonds is 3. The summed E-state index contributed by atoms with van der Waals surface area (Å²) in [5, 5.41) is 4.47. The molecule has 0 saturated carbocycles. The summed E-state index contributed by atoms with van der Waals surface area (Å²) in [7, 11) is 1.66. The number of hydrogen-bond donors (Lipinski definition) is 1. The number of aromatic nitrogens is 1. The zero-order valence-electron chi connectivity index (χ0n) is 12.9. The molecule has 4 rings (SSSR count). The van der Waals surface area contributed by atoms with Crippen molar-refractivity contribution in [3.63, 3.8) is 0 Å². The minimum absolute atomic E-state index is 0.274. The van der Waals surface area contributed by atoms with Crippen LogP contribution in [0.5, 0.6) is 17.2 Å². The molecule has 1 aliphatic heterocycles. The van der Waals surface area contributed by atoms with Gasteiger partial charge >= 0.3 is 0 Å². The largest absolute Gasteiger partial charge is 0.497 e. The molecule has 0 amide bonds. The third kappa shape index (κ3) is 2.50. The third-order valence-corrected chi connectivity index (χ3v) is 3.80. The van der Waals surface area contributed by atoms with Crippen molar-refractivity contribution in [1.82, 2.24) is 4.98 Å². The first-order valence-corrected chi connectivity index (χ1v) is 7.35. The Morgan fingerprint density at radius 3 is 2.78 bits per heavy atom. The van der Waals surface area contributed by atoms with Crippen LogP contribution in [-0.4, -0.2) is 18.9 Å². The molecule has 23 heavy (non-hydrogen) atoms. The fraction of sp³-hybridized carbons (Fsp3) is 0.167. The van der Waals surface area contributed by atoms with Gasteiger partial charge in [-0.3, -0.25) is 4.98 Å². The molecule has 116 valence electrons. The van der Waals surface area contributed by atoms with E-state index in [2.05, 4.69) is 10.3 Å². The van der Waals surface area contributed by atoms with Crippen LogP contribution in [-0.2, 0) is 0 Å². The number of methoxy groups -OCH3 is 1. The molecule has 2 heterocycles. The topological polar surface area (TPSA) is 52.6 Å². The Kier molecular flexibility index (Phi) is 3.19. The fourth-order valence-corrected chi connectivity index (χ4v) is 2.70. The average Bonchev–Trinajstić information content (AvgIpc) is 3.01. The Bertz CT molecular complexity index is 893. The summed E-state index contributed by atoms with van der Waals surface area (Å²) < 4.78 is 16.1. The molecule has 0 radical (unpaired) electrons. The first-order valence-electron chi connectivity index (χ1n) is 7.35. The van der Waals surface area contributed by atoms with Crippen LogP contribution in [0.4, 0.5) is 11.4 Å². The van der Waals surface area contributed by atoms with Gasteiger partial charge in [0.1, 0.15) is 5.75 Å². The summed E-state index contributed by atoms with van der Waals surface area (Å²) in [6.45, 7) is 2.25. The lowest BCUT2D eigenvalue weighted by Gasteiger charge is -2.12. The van der Waals surface area contributed by atoms with Crippen molar-refractivity contribution in [2.24, 2.45) is 0 Å². The van der Waals surface area contributed by atoms with Gasteiger partial charge in [0.2, 0.25) is 6.79 Å². The number of benzene rings is 2. The van der Waals surface area contributed by atoms with E-state index in [-0.39, 0.29) is 6.79 Å². The highest BCUT2D eigenvalue weighted by molar-refractivity contribution is 5.94. The van der Waals surface area contributed by atoms with Gasteiger partial charge in [-0.2, -0.15) is 0 Å². The highest BCUT2D eigenvalue weighted by Crippen LogP contribution is 2.36. The molecule has 0 atom stereocenters. The van der Waals surface area contributed by atoms with Crippen molar-refractivity contribution in [2.45, 2.75) is 6.92 Å². The lowest BCUT2D eigenvalue weighted by atomic mass is 10.1. The van der Waals surface area contributed by atoms with Crippen LogP contribution in [0.1, 0.15) is 5.69 Å². The molecule has 5 nitrogen and oxygen atoms in total. The monoisotopic (exact) mass is 308 g/mol.